The smallest absolute Gasteiger partial charge is 0.0398 e. The van der Waals surface area contributed by atoms with Gasteiger partial charge in [-0.15, -0.1) is 0 Å². The van der Waals surface area contributed by atoms with Crippen molar-refractivity contribution in [2.45, 2.75) is 33.6 Å². The number of para-hydroxylation sites is 1. The zero-order chi connectivity index (χ0) is 13.2. The number of aryl methyl sites for hydroxylation is 1. The highest BCUT2D eigenvalue weighted by Gasteiger charge is 2.34. The number of piperidine rings is 1. The molecule has 1 aliphatic rings. The van der Waals surface area contributed by atoms with Gasteiger partial charge in [-0.05, 0) is 42.3 Å². The van der Waals surface area contributed by atoms with Crippen LogP contribution in [0.4, 0.5) is 5.69 Å². The van der Waals surface area contributed by atoms with Gasteiger partial charge in [-0.3, -0.25) is 0 Å². The summed E-state index contributed by atoms with van der Waals surface area (Å²) in [4.78, 5) is 2.53. The maximum Gasteiger partial charge on any atom is 0.0398 e. The Labute approximate surface area is 111 Å². The van der Waals surface area contributed by atoms with Crippen molar-refractivity contribution in [1.29, 1.82) is 0 Å². The van der Waals surface area contributed by atoms with Gasteiger partial charge in [0.25, 0.3) is 0 Å². The second-order valence-electron chi connectivity index (χ2n) is 6.10. The molecule has 0 aliphatic carbocycles. The second kappa shape index (κ2) is 5.31. The fraction of sp³-hybridized carbons (Fsp3) is 0.625. The summed E-state index contributed by atoms with van der Waals surface area (Å²) in [5.74, 6) is 0.594. The number of hydrogen-bond acceptors (Lipinski definition) is 2. The van der Waals surface area contributed by atoms with Crippen LogP contribution in [-0.2, 0) is 6.42 Å². The quantitative estimate of drug-likeness (QED) is 0.888. The lowest BCUT2D eigenvalue weighted by Gasteiger charge is -2.45. The van der Waals surface area contributed by atoms with Crippen LogP contribution in [0.25, 0.3) is 0 Å². The zero-order valence-corrected chi connectivity index (χ0v) is 11.9. The lowest BCUT2D eigenvalue weighted by atomic mass is 9.73. The van der Waals surface area contributed by atoms with Gasteiger partial charge in [-0.25, -0.2) is 0 Å². The van der Waals surface area contributed by atoms with E-state index in [1.807, 2.05) is 0 Å². The van der Waals surface area contributed by atoms with Crippen molar-refractivity contribution >= 4 is 5.69 Å². The molecule has 1 aromatic carbocycles. The average molecular weight is 246 g/mol. The molecule has 100 valence electrons. The van der Waals surface area contributed by atoms with Gasteiger partial charge in [0.1, 0.15) is 0 Å². The molecule has 18 heavy (non-hydrogen) atoms. The van der Waals surface area contributed by atoms with Crippen LogP contribution >= 0.6 is 0 Å². The number of hydrogen-bond donors (Lipinski definition) is 1. The molecular formula is C16H26N2. The van der Waals surface area contributed by atoms with Crippen molar-refractivity contribution in [3.8, 4) is 0 Å². The molecule has 1 unspecified atom stereocenters. The molecule has 0 saturated carbocycles. The predicted octanol–water partition coefficient (Wildman–Crippen LogP) is 3.06. The molecule has 1 aromatic rings. The van der Waals surface area contributed by atoms with E-state index in [2.05, 4.69) is 49.9 Å². The first-order valence-corrected chi connectivity index (χ1v) is 7.11. The third-order valence-corrected chi connectivity index (χ3v) is 4.57. The van der Waals surface area contributed by atoms with Gasteiger partial charge in [0, 0.05) is 18.8 Å². The molecule has 1 saturated heterocycles. The monoisotopic (exact) mass is 246 g/mol. The van der Waals surface area contributed by atoms with E-state index in [0.29, 0.717) is 11.3 Å². The zero-order valence-electron chi connectivity index (χ0n) is 11.9. The van der Waals surface area contributed by atoms with Crippen LogP contribution in [0.1, 0.15) is 32.8 Å². The Hall–Kier alpha value is -1.02. The Morgan fingerprint density at radius 2 is 2.06 bits per heavy atom. The summed E-state index contributed by atoms with van der Waals surface area (Å²) in [6.07, 6.45) is 2.33. The number of anilines is 1. The van der Waals surface area contributed by atoms with Gasteiger partial charge < -0.3 is 10.6 Å². The van der Waals surface area contributed by atoms with E-state index in [9.17, 15) is 0 Å². The van der Waals surface area contributed by atoms with Gasteiger partial charge in [0.2, 0.25) is 0 Å². The van der Waals surface area contributed by atoms with E-state index in [4.69, 9.17) is 5.73 Å². The molecular weight excluding hydrogens is 220 g/mol. The minimum atomic E-state index is 0.381. The van der Waals surface area contributed by atoms with Crippen LogP contribution in [0.2, 0.25) is 0 Å². The fourth-order valence-corrected chi connectivity index (χ4v) is 2.96. The molecule has 0 spiro atoms. The Morgan fingerprint density at radius 3 is 2.72 bits per heavy atom. The maximum absolute atomic E-state index is 5.96. The van der Waals surface area contributed by atoms with E-state index in [-0.39, 0.29) is 0 Å². The third-order valence-electron chi connectivity index (χ3n) is 4.57. The van der Waals surface area contributed by atoms with Gasteiger partial charge in [-0.2, -0.15) is 0 Å². The minimum absolute atomic E-state index is 0.381. The van der Waals surface area contributed by atoms with Crippen LogP contribution in [0.5, 0.6) is 0 Å². The summed E-state index contributed by atoms with van der Waals surface area (Å²) >= 11 is 0. The summed E-state index contributed by atoms with van der Waals surface area (Å²) in [5.41, 5.74) is 9.21. The SMILES string of the molecule is CCc1ccccc1N1CCC(C)(C)C(CN)C1. The van der Waals surface area contributed by atoms with E-state index in [1.54, 1.807) is 0 Å². The molecule has 0 bridgehead atoms. The highest BCUT2D eigenvalue weighted by atomic mass is 15.1. The first-order valence-electron chi connectivity index (χ1n) is 7.11. The first kappa shape index (κ1) is 13.4. The molecule has 2 rings (SSSR count). The molecule has 1 fully saturated rings. The summed E-state index contributed by atoms with van der Waals surface area (Å²) < 4.78 is 0. The Morgan fingerprint density at radius 1 is 1.33 bits per heavy atom. The lowest BCUT2D eigenvalue weighted by molar-refractivity contribution is 0.177. The molecule has 2 nitrogen and oxygen atoms in total. The number of nitrogens with two attached hydrogens (primary N) is 1. The Kier molecular flexibility index (Phi) is 3.96. The topological polar surface area (TPSA) is 29.3 Å². The van der Waals surface area contributed by atoms with Crippen LogP contribution in [0.3, 0.4) is 0 Å². The highest BCUT2D eigenvalue weighted by molar-refractivity contribution is 5.54. The van der Waals surface area contributed by atoms with Crippen molar-refractivity contribution in [1.82, 2.24) is 0 Å². The van der Waals surface area contributed by atoms with Crippen LogP contribution in [0.15, 0.2) is 24.3 Å². The van der Waals surface area contributed by atoms with E-state index < -0.39 is 0 Å². The number of nitrogens with zero attached hydrogens (tertiary/aromatic N) is 1. The van der Waals surface area contributed by atoms with E-state index in [1.165, 1.54) is 17.7 Å². The summed E-state index contributed by atoms with van der Waals surface area (Å²) in [6, 6.07) is 8.78. The largest absolute Gasteiger partial charge is 0.371 e. The first-order chi connectivity index (χ1) is 8.58. The van der Waals surface area contributed by atoms with Crippen molar-refractivity contribution in [3.05, 3.63) is 29.8 Å². The molecule has 1 heterocycles. The fourth-order valence-electron chi connectivity index (χ4n) is 2.96. The molecule has 0 amide bonds. The van der Waals surface area contributed by atoms with Gasteiger partial charge >= 0.3 is 0 Å². The second-order valence-corrected chi connectivity index (χ2v) is 6.10. The summed E-state index contributed by atoms with van der Waals surface area (Å²) in [6.45, 7) is 9.98. The molecule has 0 radical (unpaired) electrons. The van der Waals surface area contributed by atoms with Crippen molar-refractivity contribution < 1.29 is 0 Å². The normalized spacial score (nSPS) is 23.1. The number of benzene rings is 1. The molecule has 2 N–H and O–H groups in total. The maximum atomic E-state index is 5.96. The molecule has 0 aromatic heterocycles. The summed E-state index contributed by atoms with van der Waals surface area (Å²) in [5, 5.41) is 0. The molecule has 2 heteroatoms. The molecule has 1 atom stereocenters. The predicted molar refractivity (Wildman–Crippen MR) is 79.0 cm³/mol. The summed E-state index contributed by atoms with van der Waals surface area (Å²) in [7, 11) is 0. The van der Waals surface area contributed by atoms with Gasteiger partial charge in [-0.1, -0.05) is 39.0 Å². The van der Waals surface area contributed by atoms with Gasteiger partial charge in [0.15, 0.2) is 0 Å². The molecule has 1 aliphatic heterocycles. The third kappa shape index (κ3) is 2.54. The minimum Gasteiger partial charge on any atom is -0.371 e. The van der Waals surface area contributed by atoms with Crippen molar-refractivity contribution in [3.63, 3.8) is 0 Å². The number of rotatable bonds is 3. The van der Waals surface area contributed by atoms with Crippen LogP contribution < -0.4 is 10.6 Å². The Bertz CT molecular complexity index is 398. The van der Waals surface area contributed by atoms with Crippen molar-refractivity contribution in [2.75, 3.05) is 24.5 Å². The van der Waals surface area contributed by atoms with Crippen LogP contribution in [-0.4, -0.2) is 19.6 Å². The lowest BCUT2D eigenvalue weighted by Crippen LogP contribution is -2.48. The van der Waals surface area contributed by atoms with E-state index >= 15 is 0 Å². The van der Waals surface area contributed by atoms with Gasteiger partial charge in [0.05, 0.1) is 0 Å². The standard InChI is InChI=1S/C16H26N2/c1-4-13-7-5-6-8-15(13)18-10-9-16(2,3)14(11-17)12-18/h5-8,14H,4,9-12,17H2,1-3H3. The van der Waals surface area contributed by atoms with Crippen molar-refractivity contribution in [2.24, 2.45) is 17.1 Å². The Balaban J connectivity index is 2.20. The highest BCUT2D eigenvalue weighted by Crippen LogP contribution is 2.37. The van der Waals surface area contributed by atoms with Crippen LogP contribution in [0, 0.1) is 11.3 Å². The van der Waals surface area contributed by atoms with E-state index in [0.717, 1.165) is 26.1 Å². The average Bonchev–Trinajstić information content (AvgIpc) is 2.38.